The van der Waals surface area contributed by atoms with E-state index in [1.54, 1.807) is 7.11 Å². The average molecular weight is 284 g/mol. The monoisotopic (exact) mass is 284 g/mol. The summed E-state index contributed by atoms with van der Waals surface area (Å²) in [6.45, 7) is 5.76. The molecule has 0 aliphatic carbocycles. The number of esters is 1. The second kappa shape index (κ2) is 5.46. The fourth-order valence-electron chi connectivity index (χ4n) is 2.34. The summed E-state index contributed by atoms with van der Waals surface area (Å²) in [5.41, 5.74) is 0.288. The molecule has 5 nitrogen and oxygen atoms in total. The number of methoxy groups -OCH3 is 2. The van der Waals surface area contributed by atoms with Gasteiger partial charge in [0.2, 0.25) is 0 Å². The van der Waals surface area contributed by atoms with Gasteiger partial charge in [-0.15, -0.1) is 11.3 Å². The number of anilines is 1. The Hall–Kier alpha value is -1.14. The first-order valence-electron chi connectivity index (χ1n) is 6.35. The number of nitrogens with zero attached hydrogens (tertiary/aromatic N) is 2. The number of aryl methyl sites for hydroxylation is 1. The molecule has 0 saturated carbocycles. The van der Waals surface area contributed by atoms with Gasteiger partial charge in [-0.05, 0) is 26.7 Å². The van der Waals surface area contributed by atoms with Crippen LogP contribution in [0.15, 0.2) is 0 Å². The molecule has 0 aromatic carbocycles. The molecule has 1 fully saturated rings. The number of aromatic nitrogens is 1. The molecule has 0 radical (unpaired) electrons. The summed E-state index contributed by atoms with van der Waals surface area (Å²) in [5, 5.41) is 0.876. The molecule has 1 aliphatic heterocycles. The average Bonchev–Trinajstić information content (AvgIpc) is 2.80. The number of carbonyl (C=O) groups excluding carboxylic acids is 1. The Labute approximate surface area is 117 Å². The minimum Gasteiger partial charge on any atom is -0.464 e. The van der Waals surface area contributed by atoms with Crippen molar-refractivity contribution in [2.24, 2.45) is 0 Å². The molecule has 1 unspecified atom stereocenters. The molecule has 6 heteroatoms. The Kier molecular flexibility index (Phi) is 4.10. The molecular weight excluding hydrogens is 264 g/mol. The maximum atomic E-state index is 11.6. The van der Waals surface area contributed by atoms with Gasteiger partial charge >= 0.3 is 5.97 Å². The zero-order chi connectivity index (χ0) is 14.0. The van der Waals surface area contributed by atoms with Gasteiger partial charge in [0.25, 0.3) is 0 Å². The summed E-state index contributed by atoms with van der Waals surface area (Å²) in [6, 6.07) is 0. The first kappa shape index (κ1) is 14.3. The normalized spacial score (nSPS) is 23.5. The second-order valence-corrected chi connectivity index (χ2v) is 6.25. The third kappa shape index (κ3) is 2.90. The van der Waals surface area contributed by atoms with Crippen molar-refractivity contribution in [3.63, 3.8) is 0 Å². The quantitative estimate of drug-likeness (QED) is 0.797. The van der Waals surface area contributed by atoms with E-state index in [0.29, 0.717) is 5.69 Å². The van der Waals surface area contributed by atoms with Crippen molar-refractivity contribution in [3.05, 3.63) is 10.6 Å². The number of carbonyl (C=O) groups is 1. The maximum Gasteiger partial charge on any atom is 0.357 e. The SMILES string of the molecule is COC(=O)c1nc(N2CCCC(C)(OC)C2)sc1C. The van der Waals surface area contributed by atoms with E-state index in [9.17, 15) is 4.79 Å². The standard InChI is InChI=1S/C13H20N2O3S/c1-9-10(11(16)17-3)14-12(19-9)15-7-5-6-13(2,8-15)18-4/h5-8H2,1-4H3. The topological polar surface area (TPSA) is 51.7 Å². The Bertz CT molecular complexity index is 474. The largest absolute Gasteiger partial charge is 0.464 e. The smallest absolute Gasteiger partial charge is 0.357 e. The van der Waals surface area contributed by atoms with Gasteiger partial charge in [0.15, 0.2) is 10.8 Å². The van der Waals surface area contributed by atoms with Crippen molar-refractivity contribution >= 4 is 22.4 Å². The lowest BCUT2D eigenvalue weighted by atomic mass is 9.95. The number of piperidine rings is 1. The van der Waals surface area contributed by atoms with E-state index >= 15 is 0 Å². The molecule has 1 atom stereocenters. The van der Waals surface area contributed by atoms with Crippen molar-refractivity contribution in [1.29, 1.82) is 0 Å². The number of ether oxygens (including phenoxy) is 2. The van der Waals surface area contributed by atoms with Crippen LogP contribution in [0.3, 0.4) is 0 Å². The molecule has 1 saturated heterocycles. The van der Waals surface area contributed by atoms with Gasteiger partial charge < -0.3 is 14.4 Å². The highest BCUT2D eigenvalue weighted by Gasteiger charge is 2.32. The third-order valence-electron chi connectivity index (χ3n) is 3.59. The third-order valence-corrected chi connectivity index (χ3v) is 4.62. The van der Waals surface area contributed by atoms with Crippen molar-refractivity contribution < 1.29 is 14.3 Å². The molecule has 19 heavy (non-hydrogen) atoms. The van der Waals surface area contributed by atoms with Gasteiger partial charge in [0.1, 0.15) is 0 Å². The van der Waals surface area contributed by atoms with Crippen LogP contribution >= 0.6 is 11.3 Å². The zero-order valence-corrected chi connectivity index (χ0v) is 12.7. The summed E-state index contributed by atoms with van der Waals surface area (Å²) in [5.74, 6) is -0.369. The van der Waals surface area contributed by atoms with Crippen LogP contribution in [0.1, 0.15) is 35.1 Å². The Morgan fingerprint density at radius 2 is 2.21 bits per heavy atom. The molecule has 0 N–H and O–H groups in total. The van der Waals surface area contributed by atoms with Crippen LogP contribution in [0.2, 0.25) is 0 Å². The fraction of sp³-hybridized carbons (Fsp3) is 0.692. The molecule has 1 aliphatic rings. The Balaban J connectivity index is 2.20. The van der Waals surface area contributed by atoms with E-state index in [-0.39, 0.29) is 11.6 Å². The van der Waals surface area contributed by atoms with Crippen molar-refractivity contribution in [2.75, 3.05) is 32.2 Å². The lowest BCUT2D eigenvalue weighted by molar-refractivity contribution is -0.00466. The highest BCUT2D eigenvalue weighted by molar-refractivity contribution is 7.15. The van der Waals surface area contributed by atoms with Crippen molar-refractivity contribution in [2.45, 2.75) is 32.3 Å². The van der Waals surface area contributed by atoms with E-state index in [1.807, 2.05) is 6.92 Å². The highest BCUT2D eigenvalue weighted by Crippen LogP contribution is 2.32. The fourth-order valence-corrected chi connectivity index (χ4v) is 3.26. The summed E-state index contributed by atoms with van der Waals surface area (Å²) in [4.78, 5) is 19.1. The molecule has 2 rings (SSSR count). The molecule has 106 valence electrons. The van der Waals surface area contributed by atoms with Gasteiger partial charge in [0, 0.05) is 25.1 Å². The molecule has 0 amide bonds. The molecule has 2 heterocycles. The van der Waals surface area contributed by atoms with Crippen LogP contribution in [0.25, 0.3) is 0 Å². The Morgan fingerprint density at radius 1 is 1.47 bits per heavy atom. The lowest BCUT2D eigenvalue weighted by Gasteiger charge is -2.39. The predicted octanol–water partition coefficient (Wildman–Crippen LogP) is 2.24. The predicted molar refractivity (Wildman–Crippen MR) is 75.1 cm³/mol. The van der Waals surface area contributed by atoms with Crippen LogP contribution in [-0.4, -0.2) is 43.9 Å². The van der Waals surface area contributed by atoms with Gasteiger partial charge in [0.05, 0.1) is 12.7 Å². The van der Waals surface area contributed by atoms with E-state index in [2.05, 4.69) is 16.8 Å². The second-order valence-electron chi connectivity index (χ2n) is 5.07. The van der Waals surface area contributed by atoms with Gasteiger partial charge in [-0.25, -0.2) is 9.78 Å². The molecule has 0 bridgehead atoms. The van der Waals surface area contributed by atoms with Crippen molar-refractivity contribution in [1.82, 2.24) is 4.98 Å². The highest BCUT2D eigenvalue weighted by atomic mass is 32.1. The maximum absolute atomic E-state index is 11.6. The lowest BCUT2D eigenvalue weighted by Crippen LogP contribution is -2.47. The number of hydrogen-bond acceptors (Lipinski definition) is 6. The minimum atomic E-state index is -0.369. The van der Waals surface area contributed by atoms with E-state index < -0.39 is 0 Å². The van der Waals surface area contributed by atoms with Gasteiger partial charge in [-0.3, -0.25) is 0 Å². The summed E-state index contributed by atoms with van der Waals surface area (Å²) >= 11 is 1.53. The van der Waals surface area contributed by atoms with Crippen LogP contribution in [0, 0.1) is 6.92 Å². The number of thiazole rings is 1. The van der Waals surface area contributed by atoms with E-state index in [4.69, 9.17) is 9.47 Å². The summed E-state index contributed by atoms with van der Waals surface area (Å²) in [7, 11) is 3.13. The Morgan fingerprint density at radius 3 is 2.84 bits per heavy atom. The van der Waals surface area contributed by atoms with Crippen LogP contribution in [-0.2, 0) is 9.47 Å². The molecule has 0 spiro atoms. The van der Waals surface area contributed by atoms with E-state index in [0.717, 1.165) is 35.9 Å². The van der Waals surface area contributed by atoms with Crippen LogP contribution in [0.5, 0.6) is 0 Å². The van der Waals surface area contributed by atoms with E-state index in [1.165, 1.54) is 18.4 Å². The summed E-state index contributed by atoms with van der Waals surface area (Å²) < 4.78 is 10.3. The van der Waals surface area contributed by atoms with Crippen LogP contribution in [0.4, 0.5) is 5.13 Å². The van der Waals surface area contributed by atoms with Crippen molar-refractivity contribution in [3.8, 4) is 0 Å². The molecular formula is C13H20N2O3S. The first-order valence-corrected chi connectivity index (χ1v) is 7.16. The first-order chi connectivity index (χ1) is 8.99. The van der Waals surface area contributed by atoms with Gasteiger partial charge in [-0.1, -0.05) is 0 Å². The molecule has 1 aromatic heterocycles. The van der Waals surface area contributed by atoms with Crippen LogP contribution < -0.4 is 4.90 Å². The summed E-state index contributed by atoms with van der Waals surface area (Å²) in [6.07, 6.45) is 2.12. The number of hydrogen-bond donors (Lipinski definition) is 0. The zero-order valence-electron chi connectivity index (χ0n) is 11.9. The minimum absolute atomic E-state index is 0.136. The molecule has 1 aromatic rings. The number of rotatable bonds is 3. The van der Waals surface area contributed by atoms with Gasteiger partial charge in [-0.2, -0.15) is 0 Å².